The monoisotopic (exact) mass is 360 g/mol. The van der Waals surface area contributed by atoms with Gasteiger partial charge in [0.15, 0.2) is 0 Å². The van der Waals surface area contributed by atoms with Gasteiger partial charge in [-0.15, -0.1) is 0 Å². The van der Waals surface area contributed by atoms with Gasteiger partial charge in [-0.2, -0.15) is 0 Å². The molecular formula is C18H24N4O4. The molecule has 8 heteroatoms. The molecule has 0 saturated carbocycles. The lowest BCUT2D eigenvalue weighted by molar-refractivity contribution is -0.138. The summed E-state index contributed by atoms with van der Waals surface area (Å²) in [6, 6.07) is 13.1. The summed E-state index contributed by atoms with van der Waals surface area (Å²) in [4.78, 5) is 20.5. The molecule has 0 aromatic heterocycles. The molecule has 0 aliphatic carbocycles. The van der Waals surface area contributed by atoms with Gasteiger partial charge in [-0.3, -0.25) is 4.79 Å². The minimum absolute atomic E-state index is 0. The highest BCUT2D eigenvalue weighted by molar-refractivity contribution is 5.85. The molecule has 1 atom stereocenters. The fourth-order valence-electron chi connectivity index (χ4n) is 1.77. The van der Waals surface area contributed by atoms with Crippen molar-refractivity contribution in [3.8, 4) is 0 Å². The Morgan fingerprint density at radius 3 is 1.81 bits per heavy atom. The number of anilines is 2. The number of nitrogens with two attached hydrogens (primary N) is 3. The summed E-state index contributed by atoms with van der Waals surface area (Å²) >= 11 is 0. The maximum Gasteiger partial charge on any atom is 0.328 e. The molecule has 0 fully saturated rings. The summed E-state index contributed by atoms with van der Waals surface area (Å²) in [5.41, 5.74) is 19.3. The number of aliphatic carboxylic acids is 2. The van der Waals surface area contributed by atoms with Gasteiger partial charge in [0.05, 0.1) is 0 Å². The molecule has 0 aliphatic heterocycles. The zero-order valence-electron chi connectivity index (χ0n) is 14.2. The highest BCUT2D eigenvalue weighted by Crippen LogP contribution is 2.07. The van der Waals surface area contributed by atoms with E-state index >= 15 is 0 Å². The lowest BCUT2D eigenvalue weighted by Gasteiger charge is -2.05. The first-order chi connectivity index (χ1) is 11.8. The van der Waals surface area contributed by atoms with Crippen LogP contribution in [0.5, 0.6) is 0 Å². The molecule has 0 aliphatic rings. The van der Waals surface area contributed by atoms with E-state index in [1.807, 2.05) is 0 Å². The van der Waals surface area contributed by atoms with Crippen molar-refractivity contribution in [1.29, 1.82) is 0 Å². The summed E-state index contributed by atoms with van der Waals surface area (Å²) in [5.74, 6) is -1.94. The molecule has 140 valence electrons. The number of carboxylic acid groups (broad SMARTS) is 2. The first kappa shape index (κ1) is 22.6. The molecule has 0 bridgehead atoms. The van der Waals surface area contributed by atoms with Gasteiger partial charge in [0.1, 0.15) is 6.04 Å². The Labute approximate surface area is 151 Å². The number of rotatable bonds is 5. The average molecular weight is 360 g/mol. The molecule has 11 N–H and O–H groups in total. The SMILES string of the molecule is N.Nc1ccc(/C=C/C(=O)O)cc1.Nc1ccc(CC(N)C(=O)O)cc1. The van der Waals surface area contributed by atoms with E-state index in [2.05, 4.69) is 0 Å². The van der Waals surface area contributed by atoms with Crippen LogP contribution < -0.4 is 23.4 Å². The van der Waals surface area contributed by atoms with E-state index in [4.69, 9.17) is 27.4 Å². The Kier molecular flexibility index (Phi) is 9.79. The second kappa shape index (κ2) is 11.2. The quantitative estimate of drug-likeness (QED) is 0.343. The summed E-state index contributed by atoms with van der Waals surface area (Å²) in [5, 5.41) is 16.9. The van der Waals surface area contributed by atoms with Crippen LogP contribution in [0.3, 0.4) is 0 Å². The fourth-order valence-corrected chi connectivity index (χ4v) is 1.77. The first-order valence-corrected chi connectivity index (χ1v) is 7.37. The van der Waals surface area contributed by atoms with Crippen LogP contribution in [0.15, 0.2) is 54.6 Å². The largest absolute Gasteiger partial charge is 0.480 e. The molecule has 1 unspecified atom stereocenters. The van der Waals surface area contributed by atoms with Gasteiger partial charge in [-0.05, 0) is 47.9 Å². The van der Waals surface area contributed by atoms with E-state index in [0.29, 0.717) is 17.8 Å². The smallest absolute Gasteiger partial charge is 0.328 e. The maximum absolute atomic E-state index is 10.4. The van der Waals surface area contributed by atoms with Crippen LogP contribution >= 0.6 is 0 Å². The maximum atomic E-state index is 10.4. The Morgan fingerprint density at radius 2 is 1.38 bits per heavy atom. The van der Waals surface area contributed by atoms with Gasteiger partial charge in [0.25, 0.3) is 0 Å². The van der Waals surface area contributed by atoms with Crippen LogP contribution in [0.2, 0.25) is 0 Å². The van der Waals surface area contributed by atoms with Crippen molar-refractivity contribution in [1.82, 2.24) is 6.15 Å². The molecule has 0 spiro atoms. The van der Waals surface area contributed by atoms with Gasteiger partial charge in [-0.25, -0.2) is 4.79 Å². The zero-order chi connectivity index (χ0) is 18.8. The molecule has 26 heavy (non-hydrogen) atoms. The number of carbonyl (C=O) groups is 2. The molecule has 0 radical (unpaired) electrons. The third kappa shape index (κ3) is 9.06. The van der Waals surface area contributed by atoms with E-state index in [0.717, 1.165) is 17.2 Å². The van der Waals surface area contributed by atoms with Crippen LogP contribution in [-0.2, 0) is 16.0 Å². The minimum atomic E-state index is -0.989. The van der Waals surface area contributed by atoms with Crippen LogP contribution in [0.4, 0.5) is 11.4 Å². The highest BCUT2D eigenvalue weighted by atomic mass is 16.4. The van der Waals surface area contributed by atoms with Crippen molar-refractivity contribution >= 4 is 29.4 Å². The Balaban J connectivity index is 0.000000464. The number of carboxylic acids is 2. The highest BCUT2D eigenvalue weighted by Gasteiger charge is 2.11. The van der Waals surface area contributed by atoms with Crippen molar-refractivity contribution in [2.45, 2.75) is 12.5 Å². The summed E-state index contributed by atoms with van der Waals surface area (Å²) < 4.78 is 0. The molecule has 0 heterocycles. The third-order valence-electron chi connectivity index (χ3n) is 3.11. The van der Waals surface area contributed by atoms with Gasteiger partial charge >= 0.3 is 11.9 Å². The van der Waals surface area contributed by atoms with Gasteiger partial charge in [-0.1, -0.05) is 24.3 Å². The molecule has 0 saturated heterocycles. The van der Waals surface area contributed by atoms with Crippen molar-refractivity contribution in [3.63, 3.8) is 0 Å². The molecule has 2 aromatic rings. The first-order valence-electron chi connectivity index (χ1n) is 7.37. The number of nitrogen functional groups attached to an aromatic ring is 2. The van der Waals surface area contributed by atoms with Crippen LogP contribution in [0.1, 0.15) is 11.1 Å². The van der Waals surface area contributed by atoms with E-state index in [9.17, 15) is 9.59 Å². The van der Waals surface area contributed by atoms with Crippen molar-refractivity contribution < 1.29 is 19.8 Å². The van der Waals surface area contributed by atoms with Gasteiger partial charge in [0, 0.05) is 17.5 Å². The number of hydrogen-bond donors (Lipinski definition) is 6. The Bertz CT molecular complexity index is 728. The summed E-state index contributed by atoms with van der Waals surface area (Å²) in [6.45, 7) is 0. The van der Waals surface area contributed by atoms with E-state index in [1.165, 1.54) is 6.08 Å². The van der Waals surface area contributed by atoms with Crippen LogP contribution in [0.25, 0.3) is 6.08 Å². The van der Waals surface area contributed by atoms with Crippen LogP contribution in [-0.4, -0.2) is 28.2 Å². The normalized spacial score (nSPS) is 11.0. The van der Waals surface area contributed by atoms with Crippen LogP contribution in [0, 0.1) is 0 Å². The summed E-state index contributed by atoms with van der Waals surface area (Å²) in [7, 11) is 0. The van der Waals surface area contributed by atoms with Crippen molar-refractivity contribution in [2.24, 2.45) is 5.73 Å². The average Bonchev–Trinajstić information content (AvgIpc) is 2.57. The predicted molar refractivity (Wildman–Crippen MR) is 103 cm³/mol. The third-order valence-corrected chi connectivity index (χ3v) is 3.11. The predicted octanol–water partition coefficient (Wildman–Crippen LogP) is 1.75. The van der Waals surface area contributed by atoms with Gasteiger partial charge < -0.3 is 33.6 Å². The molecule has 8 nitrogen and oxygen atoms in total. The Morgan fingerprint density at radius 1 is 0.923 bits per heavy atom. The molecule has 2 aromatic carbocycles. The molecule has 0 amide bonds. The minimum Gasteiger partial charge on any atom is -0.480 e. The second-order valence-electron chi connectivity index (χ2n) is 5.23. The van der Waals surface area contributed by atoms with E-state index in [-0.39, 0.29) is 6.15 Å². The van der Waals surface area contributed by atoms with E-state index < -0.39 is 18.0 Å². The number of hydrogen-bond acceptors (Lipinski definition) is 6. The Hall–Kier alpha value is -3.36. The van der Waals surface area contributed by atoms with Crippen molar-refractivity contribution in [3.05, 3.63) is 65.7 Å². The standard InChI is InChI=1S/C9H12N2O2.C9H9NO2.H3N/c10-7-3-1-6(2-4-7)5-8(11)9(12)13;10-8-4-1-7(2-5-8)3-6-9(11)12;/h1-4,8H,5,10-11H2,(H,12,13);1-6H,10H2,(H,11,12);1H3/b;6-3+;. The van der Waals surface area contributed by atoms with Crippen molar-refractivity contribution in [2.75, 3.05) is 11.5 Å². The lowest BCUT2D eigenvalue weighted by Crippen LogP contribution is -2.32. The van der Waals surface area contributed by atoms with E-state index in [1.54, 1.807) is 48.5 Å². The zero-order valence-corrected chi connectivity index (χ0v) is 14.2. The second-order valence-corrected chi connectivity index (χ2v) is 5.23. The topological polar surface area (TPSA) is 188 Å². The van der Waals surface area contributed by atoms with Gasteiger partial charge in [0.2, 0.25) is 0 Å². The number of benzene rings is 2. The summed E-state index contributed by atoms with van der Waals surface area (Å²) in [6.07, 6.45) is 2.93. The lowest BCUT2D eigenvalue weighted by atomic mass is 10.1. The molecular weight excluding hydrogens is 336 g/mol. The molecule has 2 rings (SSSR count). The fraction of sp³-hybridized carbons (Fsp3) is 0.111.